The monoisotopic (exact) mass is 464 g/mol. The number of furan rings is 1. The highest BCUT2D eigenvalue weighted by molar-refractivity contribution is 7.94. The van der Waals surface area contributed by atoms with Crippen LogP contribution in [0.5, 0.6) is 0 Å². The summed E-state index contributed by atoms with van der Waals surface area (Å²) in [5.41, 5.74) is 3.08. The Labute approximate surface area is 187 Å². The molecular formula is C22H16N4O4S2. The van der Waals surface area contributed by atoms with Crippen molar-refractivity contribution in [2.45, 2.75) is 11.3 Å². The fraction of sp³-hybridized carbons (Fsp3) is 0.0455. The minimum Gasteiger partial charge on any atom is -0.456 e. The topological polar surface area (TPSA) is 114 Å². The molecule has 160 valence electrons. The van der Waals surface area contributed by atoms with Crippen LogP contribution in [0.3, 0.4) is 0 Å². The maximum Gasteiger partial charge on any atom is 0.291 e. The Hall–Kier alpha value is -3.76. The average Bonchev–Trinajstić information content (AvgIpc) is 3.38. The molecule has 32 heavy (non-hydrogen) atoms. The van der Waals surface area contributed by atoms with Crippen LogP contribution in [0.1, 0.15) is 15.9 Å². The van der Waals surface area contributed by atoms with Gasteiger partial charge < -0.3 is 4.42 Å². The molecule has 10 heteroatoms. The van der Waals surface area contributed by atoms with Crippen LogP contribution in [-0.2, 0) is 10.0 Å². The first-order valence-corrected chi connectivity index (χ1v) is 11.8. The van der Waals surface area contributed by atoms with Gasteiger partial charge in [-0.1, -0.05) is 47.2 Å². The van der Waals surface area contributed by atoms with Gasteiger partial charge in [-0.25, -0.2) is 0 Å². The molecule has 0 aliphatic heterocycles. The number of rotatable bonds is 5. The summed E-state index contributed by atoms with van der Waals surface area (Å²) in [6.07, 6.45) is 0. The number of benzene rings is 3. The number of aryl methyl sites for hydroxylation is 1. The lowest BCUT2D eigenvalue weighted by Crippen LogP contribution is -2.12. The number of amides is 1. The lowest BCUT2D eigenvalue weighted by molar-refractivity contribution is 0.102. The normalized spacial score (nSPS) is 11.7. The molecule has 0 unspecified atom stereocenters. The van der Waals surface area contributed by atoms with Gasteiger partial charge >= 0.3 is 0 Å². The Morgan fingerprint density at radius 3 is 2.50 bits per heavy atom. The Bertz CT molecular complexity index is 1570. The summed E-state index contributed by atoms with van der Waals surface area (Å²) in [5, 5.41) is 12.0. The summed E-state index contributed by atoms with van der Waals surface area (Å²) in [6, 6.07) is 19.6. The van der Waals surface area contributed by atoms with Gasteiger partial charge in [0.1, 0.15) is 11.2 Å². The molecule has 0 radical (unpaired) electrons. The zero-order valence-electron chi connectivity index (χ0n) is 16.7. The lowest BCUT2D eigenvalue weighted by Gasteiger charge is -2.04. The number of para-hydroxylation sites is 1. The van der Waals surface area contributed by atoms with E-state index >= 15 is 0 Å². The Morgan fingerprint density at radius 1 is 0.938 bits per heavy atom. The highest BCUT2D eigenvalue weighted by atomic mass is 32.2. The van der Waals surface area contributed by atoms with Crippen LogP contribution in [0.4, 0.5) is 10.8 Å². The van der Waals surface area contributed by atoms with E-state index in [4.69, 9.17) is 4.42 Å². The summed E-state index contributed by atoms with van der Waals surface area (Å²) in [4.78, 5) is 12.3. The first kappa shape index (κ1) is 20.2. The Morgan fingerprint density at radius 2 is 1.69 bits per heavy atom. The first-order chi connectivity index (χ1) is 15.4. The molecule has 0 bridgehead atoms. The number of aromatic nitrogens is 2. The second-order valence-electron chi connectivity index (χ2n) is 7.11. The van der Waals surface area contributed by atoms with Crippen molar-refractivity contribution in [3.8, 4) is 0 Å². The van der Waals surface area contributed by atoms with Gasteiger partial charge in [0.15, 0.2) is 0 Å². The fourth-order valence-electron chi connectivity index (χ4n) is 3.23. The minimum absolute atomic E-state index is 0.0867. The number of hydrogen-bond acceptors (Lipinski definition) is 7. The minimum atomic E-state index is -4.00. The van der Waals surface area contributed by atoms with Crippen molar-refractivity contribution in [1.29, 1.82) is 0 Å². The summed E-state index contributed by atoms with van der Waals surface area (Å²) in [6.45, 7) is 1.92. The molecule has 0 fully saturated rings. The van der Waals surface area contributed by atoms with Crippen LogP contribution >= 0.6 is 11.3 Å². The van der Waals surface area contributed by atoms with Crippen molar-refractivity contribution in [3.05, 3.63) is 77.9 Å². The number of carbonyl (C=O) groups is 1. The van der Waals surface area contributed by atoms with Gasteiger partial charge in [0.2, 0.25) is 5.13 Å². The van der Waals surface area contributed by atoms with Crippen molar-refractivity contribution in [2.75, 3.05) is 10.0 Å². The molecule has 2 N–H and O–H groups in total. The predicted molar refractivity (Wildman–Crippen MR) is 124 cm³/mol. The standard InChI is InChI=1S/C22H16N4O4S2/c1-13-6-8-14(9-7-13)20(27)23-21-24-25-22(31-21)32(28,29)26-15-10-11-17-16-4-2-3-5-18(16)30-19(17)12-15/h2-12,26H,1H3,(H,23,24,27). The Balaban J connectivity index is 1.36. The largest absolute Gasteiger partial charge is 0.456 e. The van der Waals surface area contributed by atoms with Gasteiger partial charge in [-0.15, -0.1) is 10.2 Å². The van der Waals surface area contributed by atoms with Crippen LogP contribution in [0.2, 0.25) is 0 Å². The van der Waals surface area contributed by atoms with E-state index in [1.807, 2.05) is 43.3 Å². The third-order valence-electron chi connectivity index (χ3n) is 4.80. The van der Waals surface area contributed by atoms with E-state index in [9.17, 15) is 13.2 Å². The van der Waals surface area contributed by atoms with Gasteiger partial charge in [-0.3, -0.25) is 14.8 Å². The van der Waals surface area contributed by atoms with Gasteiger partial charge in [0.05, 0.1) is 5.69 Å². The van der Waals surface area contributed by atoms with E-state index < -0.39 is 15.9 Å². The summed E-state index contributed by atoms with van der Waals surface area (Å²) < 4.78 is 33.6. The molecule has 2 heterocycles. The van der Waals surface area contributed by atoms with Crippen LogP contribution in [0.15, 0.2) is 75.5 Å². The second-order valence-corrected chi connectivity index (χ2v) is 9.94. The zero-order chi connectivity index (χ0) is 22.3. The molecule has 0 atom stereocenters. The van der Waals surface area contributed by atoms with Crippen molar-refractivity contribution >= 4 is 60.0 Å². The lowest BCUT2D eigenvalue weighted by atomic mass is 10.1. The van der Waals surface area contributed by atoms with E-state index in [1.165, 1.54) is 0 Å². The SMILES string of the molecule is Cc1ccc(C(=O)Nc2nnc(S(=O)(=O)Nc3ccc4c(c3)oc3ccccc34)s2)cc1. The third kappa shape index (κ3) is 3.81. The van der Waals surface area contributed by atoms with Crippen molar-refractivity contribution < 1.29 is 17.6 Å². The fourth-order valence-corrected chi connectivity index (χ4v) is 5.18. The molecule has 2 aromatic heterocycles. The number of fused-ring (bicyclic) bond motifs is 3. The predicted octanol–water partition coefficient (Wildman–Crippen LogP) is 4.80. The maximum absolute atomic E-state index is 12.8. The van der Waals surface area contributed by atoms with Crippen LogP contribution < -0.4 is 10.0 Å². The van der Waals surface area contributed by atoms with Gasteiger partial charge in [0.25, 0.3) is 20.3 Å². The third-order valence-corrected chi connectivity index (χ3v) is 7.39. The smallest absolute Gasteiger partial charge is 0.291 e. The molecule has 1 amide bonds. The van der Waals surface area contributed by atoms with Crippen LogP contribution in [-0.4, -0.2) is 24.5 Å². The van der Waals surface area contributed by atoms with Crippen LogP contribution in [0, 0.1) is 6.92 Å². The van der Waals surface area contributed by atoms with E-state index in [0.717, 1.165) is 33.3 Å². The highest BCUT2D eigenvalue weighted by Gasteiger charge is 2.22. The quantitative estimate of drug-likeness (QED) is 0.361. The number of anilines is 2. The average molecular weight is 465 g/mol. The van der Waals surface area contributed by atoms with Gasteiger partial charge in [-0.05, 0) is 37.3 Å². The van der Waals surface area contributed by atoms with E-state index in [2.05, 4.69) is 20.2 Å². The molecule has 8 nitrogen and oxygen atoms in total. The molecule has 0 spiro atoms. The molecule has 5 rings (SSSR count). The molecular weight excluding hydrogens is 448 g/mol. The number of nitrogens with zero attached hydrogens (tertiary/aromatic N) is 2. The highest BCUT2D eigenvalue weighted by Crippen LogP contribution is 2.31. The van der Waals surface area contributed by atoms with Crippen molar-refractivity contribution in [2.24, 2.45) is 0 Å². The molecule has 0 saturated carbocycles. The number of hydrogen-bond donors (Lipinski definition) is 2. The van der Waals surface area contributed by atoms with Crippen molar-refractivity contribution in [3.63, 3.8) is 0 Å². The summed E-state index contributed by atoms with van der Waals surface area (Å²) in [5.74, 6) is -0.395. The molecule has 0 aliphatic carbocycles. The first-order valence-electron chi connectivity index (χ1n) is 9.55. The summed E-state index contributed by atoms with van der Waals surface area (Å²) >= 11 is 0.765. The van der Waals surface area contributed by atoms with Crippen molar-refractivity contribution in [1.82, 2.24) is 10.2 Å². The van der Waals surface area contributed by atoms with Gasteiger partial charge in [-0.2, -0.15) is 8.42 Å². The van der Waals surface area contributed by atoms with Gasteiger partial charge in [0, 0.05) is 22.4 Å². The Kier molecular flexibility index (Phi) is 4.87. The summed E-state index contributed by atoms with van der Waals surface area (Å²) in [7, 11) is -4.00. The number of sulfonamides is 1. The number of nitrogens with one attached hydrogen (secondary N) is 2. The van der Waals surface area contributed by atoms with E-state index in [1.54, 1.807) is 30.3 Å². The van der Waals surface area contributed by atoms with Crippen LogP contribution in [0.25, 0.3) is 21.9 Å². The van der Waals surface area contributed by atoms with E-state index in [0.29, 0.717) is 16.8 Å². The second kappa shape index (κ2) is 7.74. The van der Waals surface area contributed by atoms with E-state index in [-0.39, 0.29) is 9.47 Å². The molecule has 0 aliphatic rings. The molecule has 0 saturated heterocycles. The number of carbonyl (C=O) groups excluding carboxylic acids is 1. The maximum atomic E-state index is 12.8. The molecule has 3 aromatic carbocycles. The molecule has 5 aromatic rings. The zero-order valence-corrected chi connectivity index (χ0v) is 18.3.